The number of nitrogens with zero attached hydrogens (tertiary/aromatic N) is 4. The molecule has 8 heteroatoms. The van der Waals surface area contributed by atoms with E-state index in [2.05, 4.69) is 57.1 Å². The van der Waals surface area contributed by atoms with E-state index in [1.54, 1.807) is 6.33 Å². The van der Waals surface area contributed by atoms with Gasteiger partial charge in [0.05, 0.1) is 11.0 Å². The van der Waals surface area contributed by atoms with Crippen molar-refractivity contribution in [3.63, 3.8) is 0 Å². The summed E-state index contributed by atoms with van der Waals surface area (Å²) in [5, 5.41) is 5.43. The van der Waals surface area contributed by atoms with Gasteiger partial charge in [0.15, 0.2) is 0 Å². The van der Waals surface area contributed by atoms with Gasteiger partial charge in [-0.1, -0.05) is 43.5 Å². The van der Waals surface area contributed by atoms with Crippen LogP contribution in [0.3, 0.4) is 0 Å². The minimum absolute atomic E-state index is 0.493. The van der Waals surface area contributed by atoms with Gasteiger partial charge in [-0.2, -0.15) is 0 Å². The van der Waals surface area contributed by atoms with Crippen molar-refractivity contribution in [2.24, 2.45) is 0 Å². The summed E-state index contributed by atoms with van der Waals surface area (Å²) in [5.74, 6) is 0.859. The molecule has 0 aliphatic rings. The van der Waals surface area contributed by atoms with E-state index in [-0.39, 0.29) is 0 Å². The Kier molecular flexibility index (Phi) is 5.78. The van der Waals surface area contributed by atoms with Crippen molar-refractivity contribution in [3.8, 4) is 0 Å². The molecular weight excluding hydrogens is 469 g/mol. The molecule has 0 saturated carbocycles. The van der Waals surface area contributed by atoms with Crippen LogP contribution in [0.1, 0.15) is 0 Å². The molecule has 0 aliphatic heterocycles. The van der Waals surface area contributed by atoms with Crippen molar-refractivity contribution >= 4 is 71.1 Å². The molecule has 0 radical (unpaired) electrons. The predicted octanol–water partition coefficient (Wildman–Crippen LogP) is 5.48. The third kappa shape index (κ3) is 4.23. The Morgan fingerprint density at radius 2 is 1.36 bits per heavy atom. The second-order valence-corrected chi connectivity index (χ2v) is 7.15. The number of rotatable bonds is 1. The first kappa shape index (κ1) is 18.0. The maximum Gasteiger partial charge on any atom is 0.140 e. The van der Waals surface area contributed by atoms with Crippen LogP contribution in [0, 0.1) is 0 Å². The van der Waals surface area contributed by atoms with Crippen molar-refractivity contribution in [3.05, 3.63) is 63.2 Å². The summed E-state index contributed by atoms with van der Waals surface area (Å²) >= 11 is 12.6. The first-order valence-electron chi connectivity index (χ1n) is 7.22. The highest BCUT2D eigenvalue weighted by molar-refractivity contribution is 9.10. The highest BCUT2D eigenvalue weighted by Crippen LogP contribution is 2.23. The van der Waals surface area contributed by atoms with E-state index in [1.165, 1.54) is 6.33 Å². The highest BCUT2D eigenvalue weighted by Gasteiger charge is 2.01. The normalized spacial score (nSPS) is 10.4. The zero-order valence-electron chi connectivity index (χ0n) is 13.0. The monoisotopic (exact) mass is 479 g/mol. The van der Waals surface area contributed by atoms with Gasteiger partial charge in [0.2, 0.25) is 0 Å². The first-order valence-corrected chi connectivity index (χ1v) is 9.18. The molecule has 2 heterocycles. The third-order valence-corrected chi connectivity index (χ3v) is 4.67. The summed E-state index contributed by atoms with van der Waals surface area (Å²) in [6, 6.07) is 11.7. The van der Waals surface area contributed by atoms with E-state index >= 15 is 0 Å². The average molecular weight is 482 g/mol. The molecule has 0 amide bonds. The van der Waals surface area contributed by atoms with Crippen molar-refractivity contribution < 1.29 is 0 Å². The zero-order chi connectivity index (χ0) is 17.8. The van der Waals surface area contributed by atoms with Crippen LogP contribution >= 0.6 is 43.5 Å². The molecule has 0 atom stereocenters. The van der Waals surface area contributed by atoms with E-state index in [0.717, 1.165) is 36.6 Å². The van der Waals surface area contributed by atoms with Crippen LogP contribution in [0.2, 0.25) is 5.15 Å². The number of nitrogens with one attached hydrogen (secondary N) is 1. The van der Waals surface area contributed by atoms with Gasteiger partial charge in [-0.05, 0) is 36.4 Å². The molecule has 0 saturated heterocycles. The van der Waals surface area contributed by atoms with Crippen LogP contribution in [0.25, 0.3) is 21.8 Å². The Morgan fingerprint density at radius 3 is 2.00 bits per heavy atom. The number of aromatic nitrogens is 4. The molecule has 4 aromatic rings. The summed E-state index contributed by atoms with van der Waals surface area (Å²) in [6.07, 6.45) is 3.01. The number of anilines is 1. The van der Waals surface area contributed by atoms with Gasteiger partial charge >= 0.3 is 0 Å². The second kappa shape index (κ2) is 8.03. The molecule has 2 aromatic heterocycles. The molecule has 0 spiro atoms. The summed E-state index contributed by atoms with van der Waals surface area (Å²) in [7, 11) is 1.85. The van der Waals surface area contributed by atoms with Gasteiger partial charge in [-0.3, -0.25) is 0 Å². The van der Waals surface area contributed by atoms with Crippen LogP contribution in [0.5, 0.6) is 0 Å². The number of halogens is 3. The van der Waals surface area contributed by atoms with Gasteiger partial charge in [-0.25, -0.2) is 19.9 Å². The van der Waals surface area contributed by atoms with E-state index in [0.29, 0.717) is 5.15 Å². The Hall–Kier alpha value is -1.83. The Balaban J connectivity index is 0.000000146. The molecule has 1 N–H and O–H groups in total. The van der Waals surface area contributed by atoms with Crippen LogP contribution in [0.15, 0.2) is 58.0 Å². The molecule has 126 valence electrons. The maximum absolute atomic E-state index is 5.84. The summed E-state index contributed by atoms with van der Waals surface area (Å²) in [5.41, 5.74) is 1.79. The standard InChI is InChI=1S/C9H8BrN3.C8H4BrClN2/c1-11-9-7-3-2-6(10)4-8(7)12-5-13-9;9-5-1-2-6-7(3-5)11-4-12-8(6)10/h2-5H,1H3,(H,11,12,13);1-4H. The third-order valence-electron chi connectivity index (χ3n) is 3.39. The summed E-state index contributed by atoms with van der Waals surface area (Å²) in [4.78, 5) is 16.2. The van der Waals surface area contributed by atoms with Gasteiger partial charge in [-0.15, -0.1) is 0 Å². The smallest absolute Gasteiger partial charge is 0.140 e. The molecule has 0 fully saturated rings. The lowest BCUT2D eigenvalue weighted by atomic mass is 10.2. The second-order valence-electron chi connectivity index (χ2n) is 4.96. The predicted molar refractivity (Wildman–Crippen MR) is 109 cm³/mol. The van der Waals surface area contributed by atoms with E-state index in [1.807, 2.05) is 43.4 Å². The molecule has 4 rings (SSSR count). The van der Waals surface area contributed by atoms with Crippen molar-refractivity contribution in [1.82, 2.24) is 19.9 Å². The molecule has 25 heavy (non-hydrogen) atoms. The van der Waals surface area contributed by atoms with Crippen LogP contribution in [-0.4, -0.2) is 27.0 Å². The zero-order valence-corrected chi connectivity index (χ0v) is 17.0. The van der Waals surface area contributed by atoms with E-state index in [4.69, 9.17) is 11.6 Å². The van der Waals surface area contributed by atoms with E-state index < -0.39 is 0 Å². The summed E-state index contributed by atoms with van der Waals surface area (Å²) in [6.45, 7) is 0. The number of hydrogen-bond donors (Lipinski definition) is 1. The first-order chi connectivity index (χ1) is 12.1. The quantitative estimate of drug-likeness (QED) is 0.365. The molecule has 0 aliphatic carbocycles. The lowest BCUT2D eigenvalue weighted by Gasteiger charge is -2.03. The number of hydrogen-bond acceptors (Lipinski definition) is 5. The molecule has 2 aromatic carbocycles. The van der Waals surface area contributed by atoms with Crippen molar-refractivity contribution in [2.75, 3.05) is 12.4 Å². The van der Waals surface area contributed by atoms with Crippen LogP contribution in [-0.2, 0) is 0 Å². The van der Waals surface area contributed by atoms with Gasteiger partial charge in [0.25, 0.3) is 0 Å². The van der Waals surface area contributed by atoms with Gasteiger partial charge < -0.3 is 5.32 Å². The number of fused-ring (bicyclic) bond motifs is 2. The van der Waals surface area contributed by atoms with Crippen LogP contribution in [0.4, 0.5) is 5.82 Å². The lowest BCUT2D eigenvalue weighted by molar-refractivity contribution is 1.21. The molecule has 0 bridgehead atoms. The summed E-state index contributed by atoms with van der Waals surface area (Å²) < 4.78 is 2.02. The van der Waals surface area contributed by atoms with Crippen molar-refractivity contribution in [1.29, 1.82) is 0 Å². The number of benzene rings is 2. The van der Waals surface area contributed by atoms with E-state index in [9.17, 15) is 0 Å². The Morgan fingerprint density at radius 1 is 0.800 bits per heavy atom. The highest BCUT2D eigenvalue weighted by atomic mass is 79.9. The molecule has 5 nitrogen and oxygen atoms in total. The average Bonchev–Trinajstić information content (AvgIpc) is 2.61. The van der Waals surface area contributed by atoms with Gasteiger partial charge in [0, 0.05) is 26.8 Å². The lowest BCUT2D eigenvalue weighted by Crippen LogP contribution is -1.94. The largest absolute Gasteiger partial charge is 0.373 e. The Bertz CT molecular complexity index is 1040. The minimum atomic E-state index is 0.493. The maximum atomic E-state index is 5.84. The fourth-order valence-electron chi connectivity index (χ4n) is 2.23. The minimum Gasteiger partial charge on any atom is -0.373 e. The topological polar surface area (TPSA) is 63.6 Å². The fourth-order valence-corrected chi connectivity index (χ4v) is 3.13. The molecule has 0 unspecified atom stereocenters. The fraction of sp³-hybridized carbons (Fsp3) is 0.0588. The molecular formula is C17H12Br2ClN5. The van der Waals surface area contributed by atoms with Gasteiger partial charge in [0.1, 0.15) is 23.6 Å². The van der Waals surface area contributed by atoms with Crippen molar-refractivity contribution in [2.45, 2.75) is 0 Å². The Labute approximate surface area is 166 Å². The van der Waals surface area contributed by atoms with Crippen LogP contribution < -0.4 is 5.32 Å². The SMILES string of the molecule is CNc1ncnc2cc(Br)ccc12.Clc1ncnc2cc(Br)ccc12.